The van der Waals surface area contributed by atoms with Gasteiger partial charge in [0.2, 0.25) is 5.91 Å². The maximum absolute atomic E-state index is 13.3. The molecule has 0 bridgehead atoms. The van der Waals surface area contributed by atoms with Crippen molar-refractivity contribution in [1.82, 2.24) is 10.2 Å². The average Bonchev–Trinajstić information content (AvgIpc) is 2.74. The summed E-state index contributed by atoms with van der Waals surface area (Å²) in [5.41, 5.74) is 1.67. The Morgan fingerprint density at radius 2 is 1.73 bits per heavy atom. The van der Waals surface area contributed by atoms with Gasteiger partial charge in [-0.15, -0.1) is 0 Å². The number of para-hydroxylation sites is 1. The first-order valence-corrected chi connectivity index (χ1v) is 10.4. The van der Waals surface area contributed by atoms with E-state index in [2.05, 4.69) is 5.32 Å². The molecule has 5 nitrogen and oxygen atoms in total. The molecule has 2 aromatic carbocycles. The smallest absolute Gasteiger partial charge is 0.261 e. The van der Waals surface area contributed by atoms with Crippen molar-refractivity contribution in [3.05, 3.63) is 65.5 Å². The second kappa shape index (κ2) is 11.3. The molecule has 0 heterocycles. The van der Waals surface area contributed by atoms with E-state index in [1.165, 1.54) is 17.0 Å². The molecule has 162 valence electrons. The highest BCUT2D eigenvalue weighted by molar-refractivity contribution is 5.88. The Morgan fingerprint density at radius 1 is 1.07 bits per heavy atom. The molecular weight excluding hydrogens is 383 g/mol. The molecule has 0 aliphatic heterocycles. The summed E-state index contributed by atoms with van der Waals surface area (Å²) in [7, 11) is 0. The minimum absolute atomic E-state index is 0.0116. The number of nitrogens with one attached hydrogen (secondary N) is 1. The number of rotatable bonds is 10. The van der Waals surface area contributed by atoms with Crippen LogP contribution in [0.4, 0.5) is 4.39 Å². The van der Waals surface area contributed by atoms with Crippen molar-refractivity contribution in [3.63, 3.8) is 0 Å². The van der Waals surface area contributed by atoms with Gasteiger partial charge in [0.15, 0.2) is 6.61 Å². The van der Waals surface area contributed by atoms with E-state index in [-0.39, 0.29) is 36.8 Å². The third-order valence-corrected chi connectivity index (χ3v) is 5.10. The van der Waals surface area contributed by atoms with E-state index in [0.29, 0.717) is 12.2 Å². The van der Waals surface area contributed by atoms with Crippen LogP contribution in [0.2, 0.25) is 0 Å². The second-order valence-electron chi connectivity index (χ2n) is 7.44. The number of aryl methyl sites for hydroxylation is 1. The number of benzene rings is 2. The summed E-state index contributed by atoms with van der Waals surface area (Å²) in [5.74, 6) is -0.210. The molecular formula is C24H31FN2O3. The van der Waals surface area contributed by atoms with Crippen LogP contribution in [0.1, 0.15) is 44.7 Å². The van der Waals surface area contributed by atoms with Gasteiger partial charge in [-0.25, -0.2) is 4.39 Å². The molecule has 1 N–H and O–H groups in total. The Morgan fingerprint density at radius 3 is 2.33 bits per heavy atom. The third-order valence-electron chi connectivity index (χ3n) is 5.10. The lowest BCUT2D eigenvalue weighted by Crippen LogP contribution is -2.51. The van der Waals surface area contributed by atoms with Crippen molar-refractivity contribution in [1.29, 1.82) is 0 Å². The van der Waals surface area contributed by atoms with Gasteiger partial charge in [-0.1, -0.05) is 44.2 Å². The summed E-state index contributed by atoms with van der Waals surface area (Å²) in [6.45, 7) is 7.71. The van der Waals surface area contributed by atoms with Gasteiger partial charge in [-0.3, -0.25) is 9.59 Å². The molecule has 0 unspecified atom stereocenters. The Bertz CT molecular complexity index is 839. The van der Waals surface area contributed by atoms with E-state index in [4.69, 9.17) is 4.74 Å². The van der Waals surface area contributed by atoms with Crippen LogP contribution in [0, 0.1) is 12.7 Å². The normalized spacial score (nSPS) is 12.7. The van der Waals surface area contributed by atoms with Crippen LogP contribution in [0.5, 0.6) is 5.75 Å². The number of hydrogen-bond donors (Lipinski definition) is 1. The summed E-state index contributed by atoms with van der Waals surface area (Å²) in [5, 5.41) is 2.96. The topological polar surface area (TPSA) is 58.6 Å². The fraction of sp³-hybridized carbons (Fsp3) is 0.417. The SMILES string of the molecule is CC[C@@H](C)NC(=O)[C@H](CC)N(Cc1ccc(F)cc1)C(=O)COc1ccccc1C. The van der Waals surface area contributed by atoms with Crippen LogP contribution < -0.4 is 10.1 Å². The summed E-state index contributed by atoms with van der Waals surface area (Å²) in [6, 6.07) is 12.8. The van der Waals surface area contributed by atoms with Crippen LogP contribution in [0.3, 0.4) is 0 Å². The number of carbonyl (C=O) groups is 2. The van der Waals surface area contributed by atoms with Crippen molar-refractivity contribution >= 4 is 11.8 Å². The minimum Gasteiger partial charge on any atom is -0.484 e. The average molecular weight is 415 g/mol. The van der Waals surface area contributed by atoms with Crippen molar-refractivity contribution in [3.8, 4) is 5.75 Å². The van der Waals surface area contributed by atoms with Crippen LogP contribution in [0.25, 0.3) is 0 Å². The Hall–Kier alpha value is -2.89. The summed E-state index contributed by atoms with van der Waals surface area (Å²) >= 11 is 0. The van der Waals surface area contributed by atoms with E-state index in [9.17, 15) is 14.0 Å². The largest absolute Gasteiger partial charge is 0.484 e. The fourth-order valence-electron chi connectivity index (χ4n) is 3.09. The molecule has 6 heteroatoms. The summed E-state index contributed by atoms with van der Waals surface area (Å²) in [6.07, 6.45) is 1.25. The van der Waals surface area contributed by atoms with Gasteiger partial charge in [0.1, 0.15) is 17.6 Å². The van der Waals surface area contributed by atoms with Gasteiger partial charge in [0.05, 0.1) is 0 Å². The highest BCUT2D eigenvalue weighted by atomic mass is 19.1. The zero-order valence-electron chi connectivity index (χ0n) is 18.2. The Balaban J connectivity index is 2.21. The summed E-state index contributed by atoms with van der Waals surface area (Å²) < 4.78 is 19.0. The Labute approximate surface area is 178 Å². The lowest BCUT2D eigenvalue weighted by Gasteiger charge is -2.31. The molecule has 2 aromatic rings. The van der Waals surface area contributed by atoms with Gasteiger partial charge in [0, 0.05) is 12.6 Å². The molecule has 2 atom stereocenters. The molecule has 0 saturated heterocycles. The number of amides is 2. The molecule has 0 aromatic heterocycles. The Kier molecular flexibility index (Phi) is 8.84. The minimum atomic E-state index is -0.642. The van der Waals surface area contributed by atoms with Crippen LogP contribution in [-0.4, -0.2) is 35.4 Å². The van der Waals surface area contributed by atoms with E-state index in [1.54, 1.807) is 18.2 Å². The van der Waals surface area contributed by atoms with Gasteiger partial charge in [-0.05, 0) is 56.0 Å². The molecule has 2 amide bonds. The maximum atomic E-state index is 13.3. The number of carbonyl (C=O) groups excluding carboxylic acids is 2. The monoisotopic (exact) mass is 414 g/mol. The van der Waals surface area contributed by atoms with Gasteiger partial charge >= 0.3 is 0 Å². The van der Waals surface area contributed by atoms with Gasteiger partial charge in [-0.2, -0.15) is 0 Å². The number of hydrogen-bond acceptors (Lipinski definition) is 3. The van der Waals surface area contributed by atoms with E-state index in [1.807, 2.05) is 45.9 Å². The number of nitrogens with zero attached hydrogens (tertiary/aromatic N) is 1. The lowest BCUT2D eigenvalue weighted by atomic mass is 10.1. The fourth-order valence-corrected chi connectivity index (χ4v) is 3.09. The molecule has 0 aliphatic rings. The standard InChI is InChI=1S/C24H31FN2O3/c1-5-18(4)26-24(29)21(6-2)27(15-19-11-13-20(25)14-12-19)23(28)16-30-22-10-8-7-9-17(22)3/h7-14,18,21H,5-6,15-16H2,1-4H3,(H,26,29)/t18-,21+/m1/s1. The molecule has 0 radical (unpaired) electrons. The second-order valence-corrected chi connectivity index (χ2v) is 7.44. The molecule has 2 rings (SSSR count). The van der Waals surface area contributed by atoms with Gasteiger partial charge < -0.3 is 15.0 Å². The number of ether oxygens (including phenoxy) is 1. The molecule has 30 heavy (non-hydrogen) atoms. The van der Waals surface area contributed by atoms with E-state index in [0.717, 1.165) is 17.5 Å². The number of halogens is 1. The molecule has 0 spiro atoms. The maximum Gasteiger partial charge on any atom is 0.261 e. The summed E-state index contributed by atoms with van der Waals surface area (Å²) in [4.78, 5) is 27.5. The zero-order chi connectivity index (χ0) is 22.1. The first-order valence-electron chi connectivity index (χ1n) is 10.4. The predicted molar refractivity (Wildman–Crippen MR) is 116 cm³/mol. The van der Waals surface area contributed by atoms with Crippen LogP contribution in [0.15, 0.2) is 48.5 Å². The molecule has 0 saturated carbocycles. The van der Waals surface area contributed by atoms with E-state index < -0.39 is 6.04 Å². The highest BCUT2D eigenvalue weighted by Gasteiger charge is 2.29. The van der Waals surface area contributed by atoms with E-state index >= 15 is 0 Å². The van der Waals surface area contributed by atoms with Gasteiger partial charge in [0.25, 0.3) is 5.91 Å². The van der Waals surface area contributed by atoms with Crippen LogP contribution in [-0.2, 0) is 16.1 Å². The van der Waals surface area contributed by atoms with Crippen molar-refractivity contribution < 1.29 is 18.7 Å². The first-order chi connectivity index (χ1) is 14.3. The highest BCUT2D eigenvalue weighted by Crippen LogP contribution is 2.18. The molecule has 0 aliphatic carbocycles. The van der Waals surface area contributed by atoms with Crippen LogP contribution >= 0.6 is 0 Å². The third kappa shape index (κ3) is 6.58. The van der Waals surface area contributed by atoms with Crippen molar-refractivity contribution in [2.45, 2.75) is 59.2 Å². The van der Waals surface area contributed by atoms with Crippen molar-refractivity contribution in [2.24, 2.45) is 0 Å². The molecule has 0 fully saturated rings. The lowest BCUT2D eigenvalue weighted by molar-refractivity contribution is -0.143. The van der Waals surface area contributed by atoms with Crippen molar-refractivity contribution in [2.75, 3.05) is 6.61 Å². The predicted octanol–water partition coefficient (Wildman–Crippen LogP) is 4.24. The quantitative estimate of drug-likeness (QED) is 0.633. The zero-order valence-corrected chi connectivity index (χ0v) is 18.2. The first kappa shape index (κ1) is 23.4.